The summed E-state index contributed by atoms with van der Waals surface area (Å²) in [5, 5.41) is 11.5. The number of methoxy groups -OCH3 is 1. The van der Waals surface area contributed by atoms with Gasteiger partial charge in [-0.3, -0.25) is 9.59 Å². The minimum Gasteiger partial charge on any atom is -0.496 e. The van der Waals surface area contributed by atoms with E-state index in [0.29, 0.717) is 22.6 Å². The number of nitrogens with zero attached hydrogens (tertiary/aromatic N) is 1. The molecule has 0 aliphatic rings. The summed E-state index contributed by atoms with van der Waals surface area (Å²) < 4.78 is 10.4. The van der Waals surface area contributed by atoms with Crippen LogP contribution >= 0.6 is 0 Å². The zero-order valence-electron chi connectivity index (χ0n) is 14.0. The van der Waals surface area contributed by atoms with Crippen LogP contribution in [-0.4, -0.2) is 25.1 Å². The minimum absolute atomic E-state index is 0.00551. The summed E-state index contributed by atoms with van der Waals surface area (Å²) in [6.45, 7) is 1.49. The number of nitrogens with one attached hydrogen (secondary N) is 1. The zero-order valence-corrected chi connectivity index (χ0v) is 14.0. The monoisotopic (exact) mass is 338 g/mol. The maximum Gasteiger partial charge on any atom is 0.311 e. The van der Waals surface area contributed by atoms with Crippen LogP contribution in [0.4, 0.5) is 5.69 Å². The molecule has 2 aromatic carbocycles. The van der Waals surface area contributed by atoms with E-state index < -0.39 is 18.0 Å². The Morgan fingerprint density at radius 2 is 1.96 bits per heavy atom. The number of benzene rings is 2. The molecule has 6 nitrogen and oxygen atoms in total. The van der Waals surface area contributed by atoms with Crippen LogP contribution in [0.2, 0.25) is 0 Å². The highest BCUT2D eigenvalue weighted by molar-refractivity contribution is 5.95. The van der Waals surface area contributed by atoms with Crippen molar-refractivity contribution >= 4 is 17.6 Å². The molecule has 0 spiro atoms. The largest absolute Gasteiger partial charge is 0.496 e. The van der Waals surface area contributed by atoms with E-state index in [0.717, 1.165) is 0 Å². The summed E-state index contributed by atoms with van der Waals surface area (Å²) >= 11 is 0. The van der Waals surface area contributed by atoms with Gasteiger partial charge in [0.15, 0.2) is 6.10 Å². The van der Waals surface area contributed by atoms with Crippen LogP contribution < -0.4 is 10.1 Å². The van der Waals surface area contributed by atoms with Crippen LogP contribution in [0.15, 0.2) is 48.5 Å². The predicted molar refractivity (Wildman–Crippen MR) is 92.0 cm³/mol. The van der Waals surface area contributed by atoms with E-state index in [9.17, 15) is 9.59 Å². The molecule has 25 heavy (non-hydrogen) atoms. The van der Waals surface area contributed by atoms with Gasteiger partial charge in [-0.2, -0.15) is 5.26 Å². The molecule has 0 heterocycles. The third kappa shape index (κ3) is 5.08. The van der Waals surface area contributed by atoms with Crippen molar-refractivity contribution < 1.29 is 19.1 Å². The molecule has 0 aromatic heterocycles. The number of carbonyl (C=O) groups excluding carboxylic acids is 2. The van der Waals surface area contributed by atoms with Gasteiger partial charge in [0.05, 0.1) is 25.2 Å². The number of ether oxygens (including phenoxy) is 2. The average molecular weight is 338 g/mol. The van der Waals surface area contributed by atoms with Crippen molar-refractivity contribution in [3.8, 4) is 11.8 Å². The van der Waals surface area contributed by atoms with Gasteiger partial charge in [0.25, 0.3) is 5.91 Å². The molecule has 1 amide bonds. The normalized spacial score (nSPS) is 11.1. The number of anilines is 1. The SMILES string of the molecule is COc1ccccc1CC(=O)O[C@H](C)C(=O)Nc1cccc(C#N)c1. The van der Waals surface area contributed by atoms with Gasteiger partial charge in [-0.25, -0.2) is 0 Å². The van der Waals surface area contributed by atoms with Crippen LogP contribution in [0.1, 0.15) is 18.1 Å². The highest BCUT2D eigenvalue weighted by Gasteiger charge is 2.19. The molecule has 0 bridgehead atoms. The summed E-state index contributed by atoms with van der Waals surface area (Å²) in [5.74, 6) is -0.411. The third-order valence-electron chi connectivity index (χ3n) is 3.46. The van der Waals surface area contributed by atoms with Crippen molar-refractivity contribution in [1.29, 1.82) is 5.26 Å². The summed E-state index contributed by atoms with van der Waals surface area (Å²) in [4.78, 5) is 24.2. The molecule has 0 saturated heterocycles. The van der Waals surface area contributed by atoms with Crippen molar-refractivity contribution in [3.63, 3.8) is 0 Å². The van der Waals surface area contributed by atoms with Gasteiger partial charge < -0.3 is 14.8 Å². The number of nitriles is 1. The lowest BCUT2D eigenvalue weighted by atomic mass is 10.1. The molecular formula is C19H18N2O4. The molecule has 2 rings (SSSR count). The Morgan fingerprint density at radius 3 is 2.68 bits per heavy atom. The number of carbonyl (C=O) groups is 2. The lowest BCUT2D eigenvalue weighted by Crippen LogP contribution is -2.30. The zero-order chi connectivity index (χ0) is 18.2. The molecular weight excluding hydrogens is 320 g/mol. The Hall–Kier alpha value is -3.33. The molecule has 0 unspecified atom stereocenters. The molecule has 2 aromatic rings. The number of esters is 1. The number of hydrogen-bond donors (Lipinski definition) is 1. The van der Waals surface area contributed by atoms with E-state index in [1.807, 2.05) is 6.07 Å². The quantitative estimate of drug-likeness (QED) is 0.818. The number of rotatable bonds is 6. The second-order valence-corrected chi connectivity index (χ2v) is 5.30. The predicted octanol–water partition coefficient (Wildman–Crippen LogP) is 2.68. The fourth-order valence-electron chi connectivity index (χ4n) is 2.21. The van der Waals surface area contributed by atoms with Gasteiger partial charge in [0, 0.05) is 11.3 Å². The molecule has 128 valence electrons. The lowest BCUT2D eigenvalue weighted by Gasteiger charge is -2.14. The fraction of sp³-hybridized carbons (Fsp3) is 0.211. The van der Waals surface area contributed by atoms with Gasteiger partial charge in [-0.05, 0) is 31.2 Å². The van der Waals surface area contributed by atoms with E-state index in [1.54, 1.807) is 48.5 Å². The minimum atomic E-state index is -0.965. The van der Waals surface area contributed by atoms with Crippen molar-refractivity contribution in [2.45, 2.75) is 19.4 Å². The maximum absolute atomic E-state index is 12.1. The van der Waals surface area contributed by atoms with E-state index >= 15 is 0 Å². The number of para-hydroxylation sites is 1. The molecule has 0 radical (unpaired) electrons. The third-order valence-corrected chi connectivity index (χ3v) is 3.46. The smallest absolute Gasteiger partial charge is 0.311 e. The Labute approximate surface area is 146 Å². The maximum atomic E-state index is 12.1. The summed E-state index contributed by atoms with van der Waals surface area (Å²) in [5.41, 5.74) is 1.58. The first-order valence-electron chi connectivity index (χ1n) is 7.66. The van der Waals surface area contributed by atoms with Crippen LogP contribution in [-0.2, 0) is 20.7 Å². The Bertz CT molecular complexity index is 811. The lowest BCUT2D eigenvalue weighted by molar-refractivity contribution is -0.152. The second-order valence-electron chi connectivity index (χ2n) is 5.30. The molecule has 1 atom stereocenters. The van der Waals surface area contributed by atoms with Crippen LogP contribution in [0.25, 0.3) is 0 Å². The number of hydrogen-bond acceptors (Lipinski definition) is 5. The first-order valence-corrected chi connectivity index (χ1v) is 7.66. The summed E-state index contributed by atoms with van der Waals surface area (Å²) in [6, 6.07) is 15.6. The van der Waals surface area contributed by atoms with Crippen LogP contribution in [0, 0.1) is 11.3 Å². The highest BCUT2D eigenvalue weighted by atomic mass is 16.5. The van der Waals surface area contributed by atoms with Gasteiger partial charge in [0.2, 0.25) is 0 Å². The first kappa shape index (κ1) is 18.0. The van der Waals surface area contributed by atoms with Crippen LogP contribution in [0.3, 0.4) is 0 Å². The van der Waals surface area contributed by atoms with Crippen molar-refractivity contribution in [2.24, 2.45) is 0 Å². The Balaban J connectivity index is 1.94. The summed E-state index contributed by atoms with van der Waals surface area (Å²) in [7, 11) is 1.52. The molecule has 0 fully saturated rings. The van der Waals surface area contributed by atoms with Gasteiger partial charge in [0.1, 0.15) is 5.75 Å². The van der Waals surface area contributed by atoms with Gasteiger partial charge in [-0.1, -0.05) is 24.3 Å². The molecule has 6 heteroatoms. The van der Waals surface area contributed by atoms with E-state index in [4.69, 9.17) is 14.7 Å². The van der Waals surface area contributed by atoms with Crippen molar-refractivity contribution in [2.75, 3.05) is 12.4 Å². The molecule has 0 aliphatic heterocycles. The summed E-state index contributed by atoms with van der Waals surface area (Å²) in [6.07, 6.45) is -0.959. The average Bonchev–Trinajstić information content (AvgIpc) is 2.62. The second kappa shape index (κ2) is 8.50. The van der Waals surface area contributed by atoms with Crippen molar-refractivity contribution in [3.05, 3.63) is 59.7 Å². The standard InChI is InChI=1S/C19H18N2O4/c1-13(19(23)21-16-8-5-6-14(10-16)12-20)25-18(22)11-15-7-3-4-9-17(15)24-2/h3-10,13H,11H2,1-2H3,(H,21,23)/t13-/m1/s1. The van der Waals surface area contributed by atoms with Crippen LogP contribution in [0.5, 0.6) is 5.75 Å². The Kier molecular flexibility index (Phi) is 6.13. The Morgan fingerprint density at radius 1 is 1.20 bits per heavy atom. The number of amides is 1. The van der Waals surface area contributed by atoms with E-state index in [-0.39, 0.29) is 6.42 Å². The molecule has 0 saturated carbocycles. The molecule has 0 aliphatic carbocycles. The molecule has 1 N–H and O–H groups in total. The van der Waals surface area contributed by atoms with E-state index in [2.05, 4.69) is 5.32 Å². The van der Waals surface area contributed by atoms with Crippen molar-refractivity contribution in [1.82, 2.24) is 0 Å². The highest BCUT2D eigenvalue weighted by Crippen LogP contribution is 2.18. The van der Waals surface area contributed by atoms with E-state index in [1.165, 1.54) is 14.0 Å². The first-order chi connectivity index (χ1) is 12.0. The van der Waals surface area contributed by atoms with Gasteiger partial charge in [-0.15, -0.1) is 0 Å². The fourth-order valence-corrected chi connectivity index (χ4v) is 2.21. The topological polar surface area (TPSA) is 88.4 Å². The van der Waals surface area contributed by atoms with Gasteiger partial charge >= 0.3 is 5.97 Å².